The number of ether oxygens (including phenoxy) is 1. The third kappa shape index (κ3) is 1.45. The summed E-state index contributed by atoms with van der Waals surface area (Å²) in [5.41, 5.74) is 13.1. The molecule has 1 aliphatic heterocycles. The number of rotatable bonds is 0. The van der Waals surface area contributed by atoms with Gasteiger partial charge in [-0.15, -0.1) is 0 Å². The maximum atomic E-state index is 5.95. The van der Waals surface area contributed by atoms with E-state index in [0.29, 0.717) is 23.1 Å². The summed E-state index contributed by atoms with van der Waals surface area (Å²) in [4.78, 5) is 0. The smallest absolute Gasteiger partial charge is 0.142 e. The fourth-order valence-electron chi connectivity index (χ4n) is 1.51. The molecule has 3 nitrogen and oxygen atoms in total. The lowest BCUT2D eigenvalue weighted by atomic mass is 10.0. The van der Waals surface area contributed by atoms with E-state index >= 15 is 0 Å². The summed E-state index contributed by atoms with van der Waals surface area (Å²) in [6.45, 7) is 0.623. The molecule has 1 heterocycles. The van der Waals surface area contributed by atoms with Crippen LogP contribution in [0.15, 0.2) is 12.1 Å². The molecule has 1 aromatic carbocycles. The zero-order valence-electron chi connectivity index (χ0n) is 7.09. The van der Waals surface area contributed by atoms with Crippen LogP contribution in [-0.4, -0.2) is 6.61 Å². The van der Waals surface area contributed by atoms with Gasteiger partial charge >= 0.3 is 0 Å². The van der Waals surface area contributed by atoms with E-state index in [1.54, 1.807) is 6.07 Å². The normalized spacial score (nSPS) is 20.6. The van der Waals surface area contributed by atoms with Crippen LogP contribution in [-0.2, 0) is 0 Å². The van der Waals surface area contributed by atoms with Crippen LogP contribution in [0.25, 0.3) is 0 Å². The highest BCUT2D eigenvalue weighted by atomic mass is 35.5. The molecule has 0 bridgehead atoms. The van der Waals surface area contributed by atoms with E-state index in [1.165, 1.54) is 0 Å². The Kier molecular flexibility index (Phi) is 2.06. The van der Waals surface area contributed by atoms with E-state index in [-0.39, 0.29) is 6.04 Å². The van der Waals surface area contributed by atoms with Crippen molar-refractivity contribution in [3.05, 3.63) is 22.7 Å². The predicted molar refractivity (Wildman–Crippen MR) is 52.9 cm³/mol. The summed E-state index contributed by atoms with van der Waals surface area (Å²) in [6, 6.07) is 3.49. The lowest BCUT2D eigenvalue weighted by Crippen LogP contribution is -2.20. The molecule has 0 amide bonds. The molecule has 0 radical (unpaired) electrons. The lowest BCUT2D eigenvalue weighted by Gasteiger charge is -2.24. The van der Waals surface area contributed by atoms with Gasteiger partial charge in [0.15, 0.2) is 0 Å². The van der Waals surface area contributed by atoms with Crippen molar-refractivity contribution < 1.29 is 4.74 Å². The highest BCUT2D eigenvalue weighted by Crippen LogP contribution is 2.38. The van der Waals surface area contributed by atoms with Crippen molar-refractivity contribution in [2.75, 3.05) is 12.3 Å². The Balaban J connectivity index is 2.56. The summed E-state index contributed by atoms with van der Waals surface area (Å²) < 4.78 is 5.41. The minimum atomic E-state index is -0.00949. The zero-order chi connectivity index (χ0) is 9.42. The Labute approximate surface area is 81.6 Å². The van der Waals surface area contributed by atoms with Gasteiger partial charge in [-0.05, 0) is 12.1 Å². The SMILES string of the molecule is Nc1cc(Cl)c2c(c1)[C@@H](N)CCO2. The van der Waals surface area contributed by atoms with Crippen molar-refractivity contribution >= 4 is 17.3 Å². The number of anilines is 1. The van der Waals surface area contributed by atoms with Gasteiger partial charge in [0, 0.05) is 23.7 Å². The Morgan fingerprint density at radius 2 is 2.23 bits per heavy atom. The second-order valence-electron chi connectivity index (χ2n) is 3.16. The summed E-state index contributed by atoms with van der Waals surface area (Å²) in [6.07, 6.45) is 0.812. The fourth-order valence-corrected chi connectivity index (χ4v) is 1.80. The van der Waals surface area contributed by atoms with Crippen LogP contribution in [0.2, 0.25) is 5.02 Å². The molecule has 0 spiro atoms. The molecule has 1 aliphatic rings. The van der Waals surface area contributed by atoms with Gasteiger partial charge in [0.05, 0.1) is 11.6 Å². The molecule has 0 saturated carbocycles. The van der Waals surface area contributed by atoms with Crippen molar-refractivity contribution in [2.24, 2.45) is 5.73 Å². The summed E-state index contributed by atoms with van der Waals surface area (Å²) in [7, 11) is 0. The first-order chi connectivity index (χ1) is 6.18. The van der Waals surface area contributed by atoms with Crippen LogP contribution in [0.3, 0.4) is 0 Å². The van der Waals surface area contributed by atoms with Crippen LogP contribution in [0.4, 0.5) is 5.69 Å². The maximum Gasteiger partial charge on any atom is 0.142 e. The molecule has 4 heteroatoms. The molecule has 0 aromatic heterocycles. The van der Waals surface area contributed by atoms with E-state index in [1.807, 2.05) is 6.07 Å². The minimum Gasteiger partial charge on any atom is -0.492 e. The Bertz CT molecular complexity index is 341. The Hall–Kier alpha value is -0.930. The van der Waals surface area contributed by atoms with Crippen molar-refractivity contribution in [2.45, 2.75) is 12.5 Å². The van der Waals surface area contributed by atoms with Crippen molar-refractivity contribution in [1.82, 2.24) is 0 Å². The van der Waals surface area contributed by atoms with Gasteiger partial charge in [-0.3, -0.25) is 0 Å². The first kappa shape index (κ1) is 8.66. The molecule has 0 aliphatic carbocycles. The van der Waals surface area contributed by atoms with Gasteiger partial charge < -0.3 is 16.2 Å². The van der Waals surface area contributed by atoms with E-state index in [4.69, 9.17) is 27.8 Å². The molecule has 0 saturated heterocycles. The molecule has 1 aromatic rings. The average Bonchev–Trinajstić information content (AvgIpc) is 2.07. The quantitative estimate of drug-likeness (QED) is 0.624. The van der Waals surface area contributed by atoms with Gasteiger partial charge in [0.2, 0.25) is 0 Å². The Morgan fingerprint density at radius 1 is 1.46 bits per heavy atom. The van der Waals surface area contributed by atoms with Crippen molar-refractivity contribution in [1.29, 1.82) is 0 Å². The van der Waals surface area contributed by atoms with E-state index in [2.05, 4.69) is 0 Å². The molecule has 13 heavy (non-hydrogen) atoms. The summed E-state index contributed by atoms with van der Waals surface area (Å²) in [5.74, 6) is 0.689. The molecule has 1 atom stereocenters. The minimum absolute atomic E-state index is 0.00949. The highest BCUT2D eigenvalue weighted by molar-refractivity contribution is 6.32. The van der Waals surface area contributed by atoms with Crippen LogP contribution < -0.4 is 16.2 Å². The van der Waals surface area contributed by atoms with Crippen LogP contribution in [0, 0.1) is 0 Å². The molecule has 70 valence electrons. The monoisotopic (exact) mass is 198 g/mol. The highest BCUT2D eigenvalue weighted by Gasteiger charge is 2.20. The second kappa shape index (κ2) is 3.09. The molecule has 0 fully saturated rings. The van der Waals surface area contributed by atoms with Gasteiger partial charge in [-0.2, -0.15) is 0 Å². The lowest BCUT2D eigenvalue weighted by molar-refractivity contribution is 0.269. The fraction of sp³-hybridized carbons (Fsp3) is 0.333. The van der Waals surface area contributed by atoms with Gasteiger partial charge in [0.25, 0.3) is 0 Å². The first-order valence-electron chi connectivity index (χ1n) is 4.16. The number of fused-ring (bicyclic) bond motifs is 1. The number of nitrogen functional groups attached to an aromatic ring is 1. The summed E-state index contributed by atoms with van der Waals surface area (Å²) in [5, 5.41) is 0.546. The first-order valence-corrected chi connectivity index (χ1v) is 4.53. The van der Waals surface area contributed by atoms with E-state index in [9.17, 15) is 0 Å². The molecule has 0 unspecified atom stereocenters. The Morgan fingerprint density at radius 3 is 3.00 bits per heavy atom. The van der Waals surface area contributed by atoms with Gasteiger partial charge in [0.1, 0.15) is 5.75 Å². The van der Waals surface area contributed by atoms with E-state index < -0.39 is 0 Å². The zero-order valence-corrected chi connectivity index (χ0v) is 7.84. The third-order valence-corrected chi connectivity index (χ3v) is 2.45. The van der Waals surface area contributed by atoms with Crippen LogP contribution in [0.1, 0.15) is 18.0 Å². The third-order valence-electron chi connectivity index (χ3n) is 2.17. The standard InChI is InChI=1S/C9H11ClN2O/c10-7-4-5(11)3-6-8(12)1-2-13-9(6)7/h3-4,8H,1-2,11-12H2/t8-/m0/s1. The number of halogens is 1. The topological polar surface area (TPSA) is 61.3 Å². The van der Waals surface area contributed by atoms with Crippen molar-refractivity contribution in [3.8, 4) is 5.75 Å². The van der Waals surface area contributed by atoms with Gasteiger partial charge in [-0.25, -0.2) is 0 Å². The maximum absolute atomic E-state index is 5.95. The van der Waals surface area contributed by atoms with Crippen molar-refractivity contribution in [3.63, 3.8) is 0 Å². The van der Waals surface area contributed by atoms with Crippen LogP contribution in [0.5, 0.6) is 5.75 Å². The average molecular weight is 199 g/mol. The number of benzene rings is 1. The molecule has 2 rings (SSSR count). The number of nitrogens with two attached hydrogens (primary N) is 2. The summed E-state index contributed by atoms with van der Waals surface area (Å²) >= 11 is 5.95. The van der Waals surface area contributed by atoms with Crippen LogP contribution >= 0.6 is 11.6 Å². The second-order valence-corrected chi connectivity index (χ2v) is 3.57. The number of hydrogen-bond acceptors (Lipinski definition) is 3. The predicted octanol–water partition coefficient (Wildman–Crippen LogP) is 1.70. The molecule has 4 N–H and O–H groups in total. The molecular formula is C9H11ClN2O. The largest absolute Gasteiger partial charge is 0.492 e. The van der Waals surface area contributed by atoms with Gasteiger partial charge in [-0.1, -0.05) is 11.6 Å². The molecular weight excluding hydrogens is 188 g/mol. The number of hydrogen-bond donors (Lipinski definition) is 2. The van der Waals surface area contributed by atoms with E-state index in [0.717, 1.165) is 12.0 Å².